The standard InChI is InChI=1S/C25H19FN4O3/c1-30-14-27-12-16(30)13-28-24(31)19-5-3-2-4-18(19)23-9-7-17(33-23)11-21-20-10-15(26)6-8-22(20)29-25(21)32/h2-12,14H,13H2,1H3,(H,28,31)(H,29,32)/b21-11+. The Balaban J connectivity index is 1.42. The van der Waals surface area contributed by atoms with Gasteiger partial charge in [0.15, 0.2) is 0 Å². The van der Waals surface area contributed by atoms with Gasteiger partial charge in [-0.15, -0.1) is 0 Å². The summed E-state index contributed by atoms with van der Waals surface area (Å²) in [4.78, 5) is 29.3. The second kappa shape index (κ2) is 8.23. The highest BCUT2D eigenvalue weighted by Gasteiger charge is 2.25. The lowest BCUT2D eigenvalue weighted by Crippen LogP contribution is -2.24. The maximum Gasteiger partial charge on any atom is 0.256 e. The van der Waals surface area contributed by atoms with Crippen molar-refractivity contribution in [3.63, 3.8) is 0 Å². The molecule has 0 bridgehead atoms. The maximum atomic E-state index is 13.7. The summed E-state index contributed by atoms with van der Waals surface area (Å²) < 4.78 is 21.5. The third-order valence-corrected chi connectivity index (χ3v) is 5.46. The largest absolute Gasteiger partial charge is 0.457 e. The quantitative estimate of drug-likeness (QED) is 0.453. The number of carbonyl (C=O) groups is 2. The summed E-state index contributed by atoms with van der Waals surface area (Å²) in [5, 5.41) is 5.61. The van der Waals surface area contributed by atoms with Gasteiger partial charge in [-0.2, -0.15) is 0 Å². The molecule has 164 valence electrons. The van der Waals surface area contributed by atoms with Crippen LogP contribution < -0.4 is 10.6 Å². The van der Waals surface area contributed by atoms with Gasteiger partial charge in [-0.1, -0.05) is 18.2 Å². The molecule has 8 heteroatoms. The molecule has 1 aliphatic rings. The molecule has 0 spiro atoms. The first-order chi connectivity index (χ1) is 16.0. The topological polar surface area (TPSA) is 89.2 Å². The number of benzene rings is 2. The van der Waals surface area contributed by atoms with Crippen LogP contribution in [-0.4, -0.2) is 21.4 Å². The van der Waals surface area contributed by atoms with E-state index < -0.39 is 5.82 Å². The van der Waals surface area contributed by atoms with E-state index in [1.165, 1.54) is 18.2 Å². The summed E-state index contributed by atoms with van der Waals surface area (Å²) in [5.74, 6) is -0.114. The van der Waals surface area contributed by atoms with Gasteiger partial charge in [0, 0.05) is 30.1 Å². The van der Waals surface area contributed by atoms with Gasteiger partial charge in [0.25, 0.3) is 11.8 Å². The minimum atomic E-state index is -0.428. The van der Waals surface area contributed by atoms with E-state index in [9.17, 15) is 14.0 Å². The molecule has 0 atom stereocenters. The molecule has 2 amide bonds. The van der Waals surface area contributed by atoms with E-state index in [1.807, 2.05) is 17.7 Å². The van der Waals surface area contributed by atoms with E-state index in [0.717, 1.165) is 5.69 Å². The van der Waals surface area contributed by atoms with Crippen LogP contribution in [0.4, 0.5) is 10.1 Å². The number of halogens is 1. The summed E-state index contributed by atoms with van der Waals surface area (Å²) in [5.41, 5.74) is 3.29. The summed E-state index contributed by atoms with van der Waals surface area (Å²) >= 11 is 0. The summed E-state index contributed by atoms with van der Waals surface area (Å²) in [6.07, 6.45) is 4.93. The Hall–Kier alpha value is -4.46. The number of anilines is 1. The molecule has 2 aromatic carbocycles. The van der Waals surface area contributed by atoms with Crippen LogP contribution in [0.5, 0.6) is 0 Å². The number of hydrogen-bond acceptors (Lipinski definition) is 4. The van der Waals surface area contributed by atoms with Crippen molar-refractivity contribution in [3.8, 4) is 11.3 Å². The summed E-state index contributed by atoms with van der Waals surface area (Å²) in [6.45, 7) is 0.338. The molecule has 0 fully saturated rings. The van der Waals surface area contributed by atoms with Crippen LogP contribution in [-0.2, 0) is 18.4 Å². The molecule has 1 aliphatic heterocycles. The minimum absolute atomic E-state index is 0.248. The van der Waals surface area contributed by atoms with Crippen LogP contribution in [0.2, 0.25) is 0 Å². The highest BCUT2D eigenvalue weighted by atomic mass is 19.1. The molecular formula is C25H19FN4O3. The Morgan fingerprint density at radius 3 is 2.85 bits per heavy atom. The number of amides is 2. The average molecular weight is 442 g/mol. The molecular weight excluding hydrogens is 423 g/mol. The van der Waals surface area contributed by atoms with Gasteiger partial charge in [0.2, 0.25) is 0 Å². The number of hydrogen-bond donors (Lipinski definition) is 2. The molecule has 33 heavy (non-hydrogen) atoms. The zero-order valence-corrected chi connectivity index (χ0v) is 17.6. The molecule has 2 aromatic heterocycles. The number of fused-ring (bicyclic) bond motifs is 1. The Labute approximate surface area is 188 Å². The summed E-state index contributed by atoms with van der Waals surface area (Å²) in [7, 11) is 1.86. The Morgan fingerprint density at radius 2 is 2.03 bits per heavy atom. The lowest BCUT2D eigenvalue weighted by molar-refractivity contribution is -0.110. The number of carbonyl (C=O) groups excluding carboxylic acids is 2. The normalized spacial score (nSPS) is 13.8. The first-order valence-electron chi connectivity index (χ1n) is 10.3. The van der Waals surface area contributed by atoms with E-state index in [2.05, 4.69) is 15.6 Å². The Kier molecular flexibility index (Phi) is 5.10. The van der Waals surface area contributed by atoms with Crippen LogP contribution >= 0.6 is 0 Å². The van der Waals surface area contributed by atoms with Gasteiger partial charge in [0.1, 0.15) is 17.3 Å². The van der Waals surface area contributed by atoms with Crippen molar-refractivity contribution in [3.05, 3.63) is 95.5 Å². The van der Waals surface area contributed by atoms with Gasteiger partial charge >= 0.3 is 0 Å². The molecule has 0 saturated carbocycles. The summed E-state index contributed by atoms with van der Waals surface area (Å²) in [6, 6.07) is 14.7. The number of nitrogens with zero attached hydrogens (tertiary/aromatic N) is 2. The highest BCUT2D eigenvalue weighted by molar-refractivity contribution is 6.34. The van der Waals surface area contributed by atoms with Gasteiger partial charge in [-0.3, -0.25) is 9.59 Å². The maximum absolute atomic E-state index is 13.7. The van der Waals surface area contributed by atoms with E-state index >= 15 is 0 Å². The predicted octanol–water partition coefficient (Wildman–Crippen LogP) is 4.24. The molecule has 5 rings (SSSR count). The van der Waals surface area contributed by atoms with Gasteiger partial charge in [0.05, 0.1) is 29.7 Å². The Morgan fingerprint density at radius 1 is 1.18 bits per heavy atom. The lowest BCUT2D eigenvalue weighted by Gasteiger charge is -2.09. The third kappa shape index (κ3) is 3.94. The SMILES string of the molecule is Cn1cncc1CNC(=O)c1ccccc1-c1ccc(/C=C2/C(=O)Nc3ccc(F)cc32)o1. The van der Waals surface area contributed by atoms with E-state index in [1.54, 1.807) is 48.9 Å². The molecule has 0 radical (unpaired) electrons. The highest BCUT2D eigenvalue weighted by Crippen LogP contribution is 2.34. The Bertz CT molecular complexity index is 1420. The van der Waals surface area contributed by atoms with Gasteiger partial charge < -0.3 is 19.6 Å². The van der Waals surface area contributed by atoms with Crippen LogP contribution in [0.3, 0.4) is 0 Å². The van der Waals surface area contributed by atoms with Gasteiger partial charge in [-0.05, 0) is 42.5 Å². The number of nitrogens with one attached hydrogen (secondary N) is 2. The van der Waals surface area contributed by atoms with Crippen molar-refractivity contribution in [1.82, 2.24) is 14.9 Å². The molecule has 7 nitrogen and oxygen atoms in total. The second-order valence-corrected chi connectivity index (χ2v) is 7.63. The lowest BCUT2D eigenvalue weighted by atomic mass is 10.0. The molecule has 0 saturated heterocycles. The zero-order valence-electron chi connectivity index (χ0n) is 17.6. The van der Waals surface area contributed by atoms with E-state index in [-0.39, 0.29) is 11.8 Å². The number of furan rings is 1. The van der Waals surface area contributed by atoms with Crippen LogP contribution in [0.25, 0.3) is 23.0 Å². The van der Waals surface area contributed by atoms with Crippen molar-refractivity contribution < 1.29 is 18.4 Å². The fourth-order valence-electron chi connectivity index (χ4n) is 3.74. The van der Waals surface area contributed by atoms with E-state index in [4.69, 9.17) is 4.42 Å². The second-order valence-electron chi connectivity index (χ2n) is 7.63. The molecule has 0 aliphatic carbocycles. The smallest absolute Gasteiger partial charge is 0.256 e. The average Bonchev–Trinajstić information content (AvgIpc) is 3.52. The fourth-order valence-corrected chi connectivity index (χ4v) is 3.74. The van der Waals surface area contributed by atoms with Crippen LogP contribution in [0.1, 0.15) is 27.4 Å². The number of aromatic nitrogens is 2. The van der Waals surface area contributed by atoms with Gasteiger partial charge in [-0.25, -0.2) is 9.37 Å². The molecule has 4 aromatic rings. The molecule has 2 N–H and O–H groups in total. The number of aryl methyl sites for hydroxylation is 1. The minimum Gasteiger partial charge on any atom is -0.457 e. The van der Waals surface area contributed by atoms with Crippen molar-refractivity contribution in [2.45, 2.75) is 6.54 Å². The third-order valence-electron chi connectivity index (χ3n) is 5.46. The number of imidazole rings is 1. The van der Waals surface area contributed by atoms with Crippen molar-refractivity contribution in [1.29, 1.82) is 0 Å². The van der Waals surface area contributed by atoms with Crippen LogP contribution in [0, 0.1) is 5.82 Å². The monoisotopic (exact) mass is 442 g/mol. The van der Waals surface area contributed by atoms with Crippen molar-refractivity contribution >= 4 is 29.2 Å². The van der Waals surface area contributed by atoms with Crippen LogP contribution in [0.15, 0.2) is 71.5 Å². The first kappa shape index (κ1) is 20.4. The predicted molar refractivity (Wildman–Crippen MR) is 121 cm³/mol. The fraction of sp³-hybridized carbons (Fsp3) is 0.0800. The van der Waals surface area contributed by atoms with Crippen molar-refractivity contribution in [2.24, 2.45) is 7.05 Å². The van der Waals surface area contributed by atoms with E-state index in [0.29, 0.717) is 46.0 Å². The zero-order chi connectivity index (χ0) is 22.9. The van der Waals surface area contributed by atoms with Crippen molar-refractivity contribution in [2.75, 3.05) is 5.32 Å². The molecule has 3 heterocycles. The number of rotatable bonds is 5. The first-order valence-corrected chi connectivity index (χ1v) is 10.3. The molecule has 0 unspecified atom stereocenters.